The molecule has 0 unspecified atom stereocenters. The summed E-state index contributed by atoms with van der Waals surface area (Å²) in [6.07, 6.45) is 0. The van der Waals surface area contributed by atoms with Crippen molar-refractivity contribution in [2.45, 2.75) is 6.54 Å². The number of likely N-dealkylation sites (N-methyl/N-ethyl adjacent to an activating group) is 1. The number of carbonyl (C=O) groups excluding carboxylic acids is 1. The molecular formula is C11H15BrN2O2. The second kappa shape index (κ2) is 6.50. The second-order valence-electron chi connectivity index (χ2n) is 3.40. The van der Waals surface area contributed by atoms with Gasteiger partial charge in [0, 0.05) is 24.6 Å². The van der Waals surface area contributed by atoms with Crippen molar-refractivity contribution in [3.63, 3.8) is 0 Å². The molecule has 88 valence electrons. The summed E-state index contributed by atoms with van der Waals surface area (Å²) in [4.78, 5) is 12.9. The molecule has 0 aliphatic heterocycles. The van der Waals surface area contributed by atoms with Crippen LogP contribution in [0.5, 0.6) is 0 Å². The Hall–Kier alpha value is -1.07. The smallest absolute Gasteiger partial charge is 0.317 e. The Labute approximate surface area is 103 Å². The SMILES string of the molecule is CN(CCO)C(=O)NCc1ccccc1Br. The molecule has 0 heterocycles. The van der Waals surface area contributed by atoms with E-state index in [2.05, 4.69) is 21.2 Å². The lowest BCUT2D eigenvalue weighted by Crippen LogP contribution is -2.38. The van der Waals surface area contributed by atoms with Crippen molar-refractivity contribution in [3.8, 4) is 0 Å². The number of aliphatic hydroxyl groups excluding tert-OH is 1. The summed E-state index contributed by atoms with van der Waals surface area (Å²) in [6.45, 7) is 0.775. The number of amides is 2. The number of rotatable bonds is 4. The van der Waals surface area contributed by atoms with E-state index in [1.165, 1.54) is 4.90 Å². The second-order valence-corrected chi connectivity index (χ2v) is 4.25. The third-order valence-corrected chi connectivity index (χ3v) is 2.94. The van der Waals surface area contributed by atoms with Gasteiger partial charge in [-0.25, -0.2) is 4.79 Å². The molecule has 0 bridgehead atoms. The molecule has 0 atom stereocenters. The van der Waals surface area contributed by atoms with Gasteiger partial charge in [0.25, 0.3) is 0 Å². The maximum atomic E-state index is 11.5. The molecule has 2 amide bonds. The molecule has 0 spiro atoms. The van der Waals surface area contributed by atoms with E-state index in [9.17, 15) is 4.79 Å². The van der Waals surface area contributed by atoms with Gasteiger partial charge in [-0.05, 0) is 11.6 Å². The number of urea groups is 1. The Morgan fingerprint density at radius 3 is 2.81 bits per heavy atom. The molecule has 0 aliphatic rings. The molecule has 0 aliphatic carbocycles. The predicted octanol–water partition coefficient (Wildman–Crippen LogP) is 1.58. The Morgan fingerprint density at radius 1 is 1.50 bits per heavy atom. The van der Waals surface area contributed by atoms with Gasteiger partial charge in [0.05, 0.1) is 6.61 Å². The minimum Gasteiger partial charge on any atom is -0.395 e. The molecule has 5 heteroatoms. The van der Waals surface area contributed by atoms with E-state index >= 15 is 0 Å². The molecule has 0 saturated heterocycles. The number of halogens is 1. The largest absolute Gasteiger partial charge is 0.395 e. The molecule has 1 rings (SSSR count). The fraction of sp³-hybridized carbons (Fsp3) is 0.364. The quantitative estimate of drug-likeness (QED) is 0.883. The summed E-state index contributed by atoms with van der Waals surface area (Å²) in [6, 6.07) is 7.52. The molecule has 4 nitrogen and oxygen atoms in total. The van der Waals surface area contributed by atoms with Crippen molar-refractivity contribution in [3.05, 3.63) is 34.3 Å². The van der Waals surface area contributed by atoms with Crippen LogP contribution in [0, 0.1) is 0 Å². The third kappa shape index (κ3) is 3.83. The molecule has 16 heavy (non-hydrogen) atoms. The number of hydrogen-bond donors (Lipinski definition) is 2. The van der Waals surface area contributed by atoms with Crippen LogP contribution < -0.4 is 5.32 Å². The van der Waals surface area contributed by atoms with Gasteiger partial charge in [0.1, 0.15) is 0 Å². The van der Waals surface area contributed by atoms with Gasteiger partial charge in [-0.1, -0.05) is 34.1 Å². The Balaban J connectivity index is 2.46. The topological polar surface area (TPSA) is 52.6 Å². The van der Waals surface area contributed by atoms with E-state index in [0.29, 0.717) is 13.1 Å². The van der Waals surface area contributed by atoms with Gasteiger partial charge >= 0.3 is 6.03 Å². The van der Waals surface area contributed by atoms with Crippen LogP contribution in [0.2, 0.25) is 0 Å². The first-order valence-corrected chi connectivity index (χ1v) is 5.77. The van der Waals surface area contributed by atoms with Crippen LogP contribution in [0.25, 0.3) is 0 Å². The summed E-state index contributed by atoms with van der Waals surface area (Å²) in [5, 5.41) is 11.5. The standard InChI is InChI=1S/C11H15BrN2O2/c1-14(6-7-15)11(16)13-8-9-4-2-3-5-10(9)12/h2-5,15H,6-8H2,1H3,(H,13,16). The Kier molecular flexibility index (Phi) is 5.28. The van der Waals surface area contributed by atoms with Crippen molar-refractivity contribution < 1.29 is 9.90 Å². The molecule has 1 aromatic carbocycles. The highest BCUT2D eigenvalue weighted by Gasteiger charge is 2.07. The fourth-order valence-corrected chi connectivity index (χ4v) is 1.62. The van der Waals surface area contributed by atoms with Crippen LogP contribution in [0.15, 0.2) is 28.7 Å². The number of nitrogens with one attached hydrogen (secondary N) is 1. The number of carbonyl (C=O) groups is 1. The van der Waals surface area contributed by atoms with Crippen molar-refractivity contribution >= 4 is 22.0 Å². The van der Waals surface area contributed by atoms with E-state index in [1.54, 1.807) is 7.05 Å². The average molecular weight is 287 g/mol. The van der Waals surface area contributed by atoms with Gasteiger partial charge < -0.3 is 15.3 Å². The molecule has 2 N–H and O–H groups in total. The minimum absolute atomic E-state index is 0.0288. The summed E-state index contributed by atoms with van der Waals surface area (Å²) in [5.41, 5.74) is 1.02. The number of aliphatic hydroxyl groups is 1. The van der Waals surface area contributed by atoms with Crippen molar-refractivity contribution in [1.29, 1.82) is 0 Å². The average Bonchev–Trinajstić information content (AvgIpc) is 2.28. The molecule has 0 radical (unpaired) electrons. The van der Waals surface area contributed by atoms with E-state index < -0.39 is 0 Å². The van der Waals surface area contributed by atoms with Gasteiger partial charge in [-0.2, -0.15) is 0 Å². The lowest BCUT2D eigenvalue weighted by Gasteiger charge is -2.16. The van der Waals surface area contributed by atoms with Crippen LogP contribution in [-0.4, -0.2) is 36.2 Å². The van der Waals surface area contributed by atoms with Crippen LogP contribution in [0.3, 0.4) is 0 Å². The number of benzene rings is 1. The van der Waals surface area contributed by atoms with Crippen LogP contribution in [0.4, 0.5) is 4.79 Å². The van der Waals surface area contributed by atoms with Gasteiger partial charge in [-0.15, -0.1) is 0 Å². The van der Waals surface area contributed by atoms with Crippen LogP contribution in [0.1, 0.15) is 5.56 Å². The highest BCUT2D eigenvalue weighted by atomic mass is 79.9. The summed E-state index contributed by atoms with van der Waals surface area (Å²) >= 11 is 3.41. The van der Waals surface area contributed by atoms with Gasteiger partial charge in [0.15, 0.2) is 0 Å². The molecule has 0 saturated carbocycles. The zero-order chi connectivity index (χ0) is 12.0. The minimum atomic E-state index is -0.190. The predicted molar refractivity (Wildman–Crippen MR) is 66.1 cm³/mol. The third-order valence-electron chi connectivity index (χ3n) is 2.17. The molecular weight excluding hydrogens is 272 g/mol. The van der Waals surface area contributed by atoms with E-state index in [0.717, 1.165) is 10.0 Å². The molecule has 0 fully saturated rings. The van der Waals surface area contributed by atoms with Crippen molar-refractivity contribution in [2.75, 3.05) is 20.2 Å². The highest BCUT2D eigenvalue weighted by Crippen LogP contribution is 2.15. The van der Waals surface area contributed by atoms with Crippen molar-refractivity contribution in [2.24, 2.45) is 0 Å². The maximum absolute atomic E-state index is 11.5. The zero-order valence-electron chi connectivity index (χ0n) is 9.11. The first-order valence-electron chi connectivity index (χ1n) is 4.98. The summed E-state index contributed by atoms with van der Waals surface area (Å²) < 4.78 is 0.972. The van der Waals surface area contributed by atoms with E-state index in [-0.39, 0.29) is 12.6 Å². The number of hydrogen-bond acceptors (Lipinski definition) is 2. The zero-order valence-corrected chi connectivity index (χ0v) is 10.7. The summed E-state index contributed by atoms with van der Waals surface area (Å²) in [7, 11) is 1.64. The van der Waals surface area contributed by atoms with Gasteiger partial charge in [-0.3, -0.25) is 0 Å². The maximum Gasteiger partial charge on any atom is 0.317 e. The fourth-order valence-electron chi connectivity index (χ4n) is 1.20. The Morgan fingerprint density at radius 2 is 2.19 bits per heavy atom. The van der Waals surface area contributed by atoms with E-state index in [4.69, 9.17) is 5.11 Å². The van der Waals surface area contributed by atoms with E-state index in [1.807, 2.05) is 24.3 Å². The molecule has 1 aromatic rings. The Bertz CT molecular complexity index is 358. The monoisotopic (exact) mass is 286 g/mol. The lowest BCUT2D eigenvalue weighted by atomic mass is 10.2. The number of nitrogens with zero attached hydrogens (tertiary/aromatic N) is 1. The van der Waals surface area contributed by atoms with Gasteiger partial charge in [0.2, 0.25) is 0 Å². The van der Waals surface area contributed by atoms with Crippen LogP contribution >= 0.6 is 15.9 Å². The molecule has 0 aromatic heterocycles. The highest BCUT2D eigenvalue weighted by molar-refractivity contribution is 9.10. The normalized spacial score (nSPS) is 9.94. The summed E-state index contributed by atoms with van der Waals surface area (Å²) in [5.74, 6) is 0. The van der Waals surface area contributed by atoms with Crippen LogP contribution in [-0.2, 0) is 6.54 Å². The van der Waals surface area contributed by atoms with Crippen molar-refractivity contribution in [1.82, 2.24) is 10.2 Å². The lowest BCUT2D eigenvalue weighted by molar-refractivity contribution is 0.190. The first-order chi connectivity index (χ1) is 7.65. The first kappa shape index (κ1) is 13.0.